The van der Waals surface area contributed by atoms with Crippen LogP contribution in [0.5, 0.6) is 0 Å². The molecule has 0 unspecified atom stereocenters. The molecule has 0 aromatic heterocycles. The van der Waals surface area contributed by atoms with Gasteiger partial charge in [-0.3, -0.25) is 9.59 Å². The highest BCUT2D eigenvalue weighted by molar-refractivity contribution is 5.78. The maximum Gasteiger partial charge on any atom is 0.224 e. The molecule has 0 atom stereocenters. The number of carbonyl (C=O) groups excluding carboxylic acids is 2. The molecule has 2 rings (SSSR count). The Morgan fingerprint density at radius 2 is 1.70 bits per heavy atom. The first-order valence-corrected chi connectivity index (χ1v) is 8.45. The second-order valence-corrected chi connectivity index (χ2v) is 5.96. The van der Waals surface area contributed by atoms with E-state index in [4.69, 9.17) is 0 Å². The fourth-order valence-corrected chi connectivity index (χ4v) is 2.94. The van der Waals surface area contributed by atoms with Crippen LogP contribution in [0.1, 0.15) is 26.7 Å². The van der Waals surface area contributed by atoms with Crippen LogP contribution in [-0.2, 0) is 9.59 Å². The van der Waals surface area contributed by atoms with E-state index >= 15 is 0 Å². The minimum absolute atomic E-state index is 0.0496. The van der Waals surface area contributed by atoms with Crippen molar-refractivity contribution in [2.24, 2.45) is 0 Å². The van der Waals surface area contributed by atoms with Gasteiger partial charge >= 0.3 is 0 Å². The topological polar surface area (TPSA) is 43.9 Å². The van der Waals surface area contributed by atoms with Gasteiger partial charge in [-0.2, -0.15) is 0 Å². The first-order chi connectivity index (χ1) is 11.1. The third kappa shape index (κ3) is 4.98. The summed E-state index contributed by atoms with van der Waals surface area (Å²) in [6.45, 7) is 8.09. The average molecular weight is 317 g/mol. The van der Waals surface area contributed by atoms with E-state index in [0.717, 1.165) is 39.1 Å². The second-order valence-electron chi connectivity index (χ2n) is 5.96. The van der Waals surface area contributed by atoms with E-state index < -0.39 is 0 Å². The average Bonchev–Trinajstić information content (AvgIpc) is 2.59. The van der Waals surface area contributed by atoms with Gasteiger partial charge in [-0.05, 0) is 18.6 Å². The zero-order valence-electron chi connectivity index (χ0n) is 14.2. The van der Waals surface area contributed by atoms with Gasteiger partial charge in [0, 0.05) is 58.3 Å². The molecular weight excluding hydrogens is 290 g/mol. The van der Waals surface area contributed by atoms with E-state index in [9.17, 15) is 9.59 Å². The highest BCUT2D eigenvalue weighted by atomic mass is 16.2. The van der Waals surface area contributed by atoms with Crippen LogP contribution in [-0.4, -0.2) is 60.9 Å². The molecule has 0 aliphatic carbocycles. The molecule has 1 aliphatic heterocycles. The largest absolute Gasteiger partial charge is 0.368 e. The summed E-state index contributed by atoms with van der Waals surface area (Å²) in [6.07, 6.45) is 1.34. The Bertz CT molecular complexity index is 510. The maximum absolute atomic E-state index is 12.3. The number of carbonyl (C=O) groups is 2. The SMILES string of the molecule is CCCN(CCC(=O)N1CCN(c2ccccc2)CC1)C(C)=O. The number of hydrogen-bond acceptors (Lipinski definition) is 3. The molecule has 5 nitrogen and oxygen atoms in total. The van der Waals surface area contributed by atoms with Gasteiger partial charge in [0.05, 0.1) is 0 Å². The van der Waals surface area contributed by atoms with Crippen LogP contribution < -0.4 is 4.90 Å². The second kappa shape index (κ2) is 8.56. The number of benzene rings is 1. The third-order valence-electron chi connectivity index (χ3n) is 4.29. The summed E-state index contributed by atoms with van der Waals surface area (Å²) in [5, 5.41) is 0. The molecular formula is C18H27N3O2. The molecule has 126 valence electrons. The van der Waals surface area contributed by atoms with Crippen molar-refractivity contribution in [2.45, 2.75) is 26.7 Å². The van der Waals surface area contributed by atoms with Gasteiger partial charge in [0.25, 0.3) is 0 Å². The van der Waals surface area contributed by atoms with E-state index in [1.807, 2.05) is 30.0 Å². The summed E-state index contributed by atoms with van der Waals surface area (Å²) in [5.74, 6) is 0.202. The lowest BCUT2D eigenvalue weighted by Crippen LogP contribution is -2.49. The van der Waals surface area contributed by atoms with Crippen molar-refractivity contribution in [3.63, 3.8) is 0 Å². The van der Waals surface area contributed by atoms with E-state index in [-0.39, 0.29) is 11.8 Å². The molecule has 2 amide bonds. The van der Waals surface area contributed by atoms with Crippen molar-refractivity contribution in [1.29, 1.82) is 0 Å². The van der Waals surface area contributed by atoms with Gasteiger partial charge in [-0.1, -0.05) is 25.1 Å². The molecule has 0 N–H and O–H groups in total. The zero-order valence-corrected chi connectivity index (χ0v) is 14.2. The van der Waals surface area contributed by atoms with Gasteiger partial charge in [-0.25, -0.2) is 0 Å². The van der Waals surface area contributed by atoms with E-state index in [0.29, 0.717) is 13.0 Å². The molecule has 0 saturated carbocycles. The molecule has 1 heterocycles. The quantitative estimate of drug-likeness (QED) is 0.806. The standard InChI is InChI=1S/C18H27N3O2/c1-3-10-19(16(2)22)11-9-18(23)21-14-12-20(13-15-21)17-7-5-4-6-8-17/h4-8H,3,9-15H2,1-2H3. The summed E-state index contributed by atoms with van der Waals surface area (Å²) < 4.78 is 0. The number of para-hydroxylation sites is 1. The van der Waals surface area contributed by atoms with Gasteiger partial charge in [0.2, 0.25) is 11.8 Å². The van der Waals surface area contributed by atoms with E-state index in [2.05, 4.69) is 17.0 Å². The Morgan fingerprint density at radius 3 is 2.26 bits per heavy atom. The molecule has 1 saturated heterocycles. The van der Waals surface area contributed by atoms with Crippen LogP contribution in [0.2, 0.25) is 0 Å². The normalized spacial score (nSPS) is 14.7. The summed E-state index contributed by atoms with van der Waals surface area (Å²) in [7, 11) is 0. The van der Waals surface area contributed by atoms with Gasteiger partial charge in [0.1, 0.15) is 0 Å². The zero-order chi connectivity index (χ0) is 16.7. The highest BCUT2D eigenvalue weighted by Crippen LogP contribution is 2.15. The molecule has 1 aromatic rings. The van der Waals surface area contributed by atoms with Crippen LogP contribution in [0.3, 0.4) is 0 Å². The number of piperazine rings is 1. The first-order valence-electron chi connectivity index (χ1n) is 8.45. The lowest BCUT2D eigenvalue weighted by Gasteiger charge is -2.36. The van der Waals surface area contributed by atoms with Crippen LogP contribution >= 0.6 is 0 Å². The molecule has 23 heavy (non-hydrogen) atoms. The highest BCUT2D eigenvalue weighted by Gasteiger charge is 2.21. The molecule has 0 bridgehead atoms. The fourth-order valence-electron chi connectivity index (χ4n) is 2.94. The minimum atomic E-state index is 0.0496. The van der Waals surface area contributed by atoms with Crippen molar-refractivity contribution in [1.82, 2.24) is 9.80 Å². The predicted molar refractivity (Wildman–Crippen MR) is 92.4 cm³/mol. The van der Waals surface area contributed by atoms with Crippen molar-refractivity contribution in [2.75, 3.05) is 44.2 Å². The molecule has 1 aromatic carbocycles. The third-order valence-corrected chi connectivity index (χ3v) is 4.29. The maximum atomic E-state index is 12.3. The van der Waals surface area contributed by atoms with Crippen LogP contribution in [0.15, 0.2) is 30.3 Å². The Hall–Kier alpha value is -2.04. The number of hydrogen-bond donors (Lipinski definition) is 0. The van der Waals surface area contributed by atoms with Crippen molar-refractivity contribution in [3.8, 4) is 0 Å². The predicted octanol–water partition coefficient (Wildman–Crippen LogP) is 1.98. The van der Waals surface area contributed by atoms with Crippen molar-refractivity contribution >= 4 is 17.5 Å². The number of anilines is 1. The number of nitrogens with zero attached hydrogens (tertiary/aromatic N) is 3. The Kier molecular flexibility index (Phi) is 6.44. The van der Waals surface area contributed by atoms with Crippen LogP contribution in [0.25, 0.3) is 0 Å². The van der Waals surface area contributed by atoms with Crippen LogP contribution in [0.4, 0.5) is 5.69 Å². The Balaban J connectivity index is 1.78. The fraction of sp³-hybridized carbons (Fsp3) is 0.556. The number of rotatable bonds is 6. The minimum Gasteiger partial charge on any atom is -0.368 e. The smallest absolute Gasteiger partial charge is 0.224 e. The van der Waals surface area contributed by atoms with E-state index in [1.54, 1.807) is 11.8 Å². The molecule has 1 fully saturated rings. The Labute approximate surface area is 138 Å². The lowest BCUT2D eigenvalue weighted by molar-refractivity contribution is -0.133. The van der Waals surface area contributed by atoms with Crippen molar-refractivity contribution in [3.05, 3.63) is 30.3 Å². The van der Waals surface area contributed by atoms with Crippen molar-refractivity contribution < 1.29 is 9.59 Å². The Morgan fingerprint density at radius 1 is 1.04 bits per heavy atom. The number of amides is 2. The molecule has 0 spiro atoms. The summed E-state index contributed by atoms with van der Waals surface area (Å²) in [5.41, 5.74) is 1.21. The van der Waals surface area contributed by atoms with E-state index in [1.165, 1.54) is 5.69 Å². The summed E-state index contributed by atoms with van der Waals surface area (Å²) >= 11 is 0. The monoisotopic (exact) mass is 317 g/mol. The molecule has 1 aliphatic rings. The molecule has 0 radical (unpaired) electrons. The summed E-state index contributed by atoms with van der Waals surface area (Å²) in [4.78, 5) is 29.8. The van der Waals surface area contributed by atoms with Gasteiger partial charge in [-0.15, -0.1) is 0 Å². The lowest BCUT2D eigenvalue weighted by atomic mass is 10.2. The molecule has 5 heteroatoms. The first kappa shape index (κ1) is 17.3. The van der Waals surface area contributed by atoms with Gasteiger partial charge in [0.15, 0.2) is 0 Å². The van der Waals surface area contributed by atoms with Gasteiger partial charge < -0.3 is 14.7 Å². The van der Waals surface area contributed by atoms with Crippen LogP contribution in [0, 0.1) is 0 Å². The summed E-state index contributed by atoms with van der Waals surface area (Å²) in [6, 6.07) is 10.3.